The second kappa shape index (κ2) is 15.8. The summed E-state index contributed by atoms with van der Waals surface area (Å²) in [6.07, 6.45) is 3.78. The van der Waals surface area contributed by atoms with Gasteiger partial charge in [-0.3, -0.25) is 0 Å². The van der Waals surface area contributed by atoms with E-state index in [0.29, 0.717) is 0 Å². The molecule has 7 heteroatoms. The summed E-state index contributed by atoms with van der Waals surface area (Å²) in [5.41, 5.74) is 4.49. The molecule has 0 saturated heterocycles. The van der Waals surface area contributed by atoms with Crippen molar-refractivity contribution in [3.05, 3.63) is 52.3 Å². The van der Waals surface area contributed by atoms with E-state index in [1.54, 1.807) is 6.33 Å². The maximum Gasteiger partial charge on any atom is 0.139 e. The number of hydrogen-bond acceptors (Lipinski definition) is 6. The Hall–Kier alpha value is -2.15. The molecular formula is C28H45ClN6. The molecule has 1 heterocycles. The van der Waals surface area contributed by atoms with Crippen LogP contribution < -0.4 is 10.6 Å². The summed E-state index contributed by atoms with van der Waals surface area (Å²) in [5, 5.41) is 7.96. The molecule has 2 N–H and O–H groups in total. The van der Waals surface area contributed by atoms with E-state index in [0.717, 1.165) is 98.6 Å². The minimum Gasteiger partial charge on any atom is -0.369 e. The summed E-state index contributed by atoms with van der Waals surface area (Å²) in [7, 11) is 0. The molecule has 0 unspecified atom stereocenters. The fraction of sp³-hybridized carbons (Fsp3) is 0.571. The highest BCUT2D eigenvalue weighted by Crippen LogP contribution is 2.36. The molecule has 0 spiro atoms. The number of nitrogens with zero attached hydrogens (tertiary/aromatic N) is 4. The zero-order chi connectivity index (χ0) is 25.6. The van der Waals surface area contributed by atoms with E-state index < -0.39 is 0 Å². The predicted molar refractivity (Wildman–Crippen MR) is 153 cm³/mol. The standard InChI is InChI=1S/C28H45ClN6/c1-7-34(8-2)19-11-17-30-27-26(25(22(5)6)23-13-15-24(29)16-14-23)28(33-21-32-27)31-18-12-20-35(9-3)10-4/h13-16,21H,7-12,17-20H2,1-6H3,(H2,30,31,32,33). The van der Waals surface area contributed by atoms with Crippen molar-refractivity contribution in [1.29, 1.82) is 0 Å². The normalized spacial score (nSPS) is 11.2. The van der Waals surface area contributed by atoms with Crippen LogP contribution in [0.4, 0.5) is 11.6 Å². The van der Waals surface area contributed by atoms with Crippen molar-refractivity contribution in [1.82, 2.24) is 19.8 Å². The van der Waals surface area contributed by atoms with Crippen molar-refractivity contribution in [3.8, 4) is 0 Å². The molecule has 6 nitrogen and oxygen atoms in total. The Bertz CT molecular complexity index is 862. The molecule has 2 aromatic rings. The third kappa shape index (κ3) is 9.10. The lowest BCUT2D eigenvalue weighted by Crippen LogP contribution is -2.26. The largest absolute Gasteiger partial charge is 0.369 e. The van der Waals surface area contributed by atoms with Crippen molar-refractivity contribution in [2.75, 3.05) is 63.0 Å². The highest BCUT2D eigenvalue weighted by Gasteiger charge is 2.19. The smallest absolute Gasteiger partial charge is 0.139 e. The minimum absolute atomic E-state index is 0.732. The molecule has 1 aromatic heterocycles. The first-order valence-electron chi connectivity index (χ1n) is 13.2. The fourth-order valence-electron chi connectivity index (χ4n) is 4.29. The first kappa shape index (κ1) is 29.1. The molecular weight excluding hydrogens is 456 g/mol. The van der Waals surface area contributed by atoms with Gasteiger partial charge in [-0.1, -0.05) is 57.0 Å². The Kier molecular flexibility index (Phi) is 13.1. The lowest BCUT2D eigenvalue weighted by molar-refractivity contribution is 0.303. The second-order valence-electron chi connectivity index (χ2n) is 8.94. The molecule has 35 heavy (non-hydrogen) atoms. The van der Waals surface area contributed by atoms with Gasteiger partial charge in [-0.05, 0) is 89.2 Å². The molecule has 0 aliphatic rings. The number of rotatable bonds is 16. The van der Waals surface area contributed by atoms with E-state index in [1.165, 1.54) is 5.57 Å². The molecule has 0 aliphatic heterocycles. The van der Waals surface area contributed by atoms with Crippen molar-refractivity contribution in [3.63, 3.8) is 0 Å². The fourth-order valence-corrected chi connectivity index (χ4v) is 4.41. The van der Waals surface area contributed by atoms with Crippen LogP contribution in [0.15, 0.2) is 36.2 Å². The van der Waals surface area contributed by atoms with Gasteiger partial charge in [0.1, 0.15) is 18.0 Å². The van der Waals surface area contributed by atoms with Crippen molar-refractivity contribution in [2.45, 2.75) is 54.4 Å². The van der Waals surface area contributed by atoms with Crippen LogP contribution in [-0.4, -0.2) is 72.1 Å². The highest BCUT2D eigenvalue weighted by atomic mass is 35.5. The van der Waals surface area contributed by atoms with E-state index in [1.807, 2.05) is 12.1 Å². The first-order valence-corrected chi connectivity index (χ1v) is 13.5. The van der Waals surface area contributed by atoms with Gasteiger partial charge in [-0.15, -0.1) is 0 Å². The van der Waals surface area contributed by atoms with Gasteiger partial charge in [0.15, 0.2) is 0 Å². The van der Waals surface area contributed by atoms with E-state index in [2.05, 4.69) is 84.1 Å². The third-order valence-corrected chi connectivity index (χ3v) is 6.66. The predicted octanol–water partition coefficient (Wildman–Crippen LogP) is 6.26. The molecule has 1 aromatic carbocycles. The number of aromatic nitrogens is 2. The van der Waals surface area contributed by atoms with Gasteiger partial charge in [-0.2, -0.15) is 0 Å². The Labute approximate surface area is 218 Å². The summed E-state index contributed by atoms with van der Waals surface area (Å²) in [6, 6.07) is 8.04. The molecule has 0 radical (unpaired) electrons. The quantitative estimate of drug-likeness (QED) is 0.265. The zero-order valence-electron chi connectivity index (χ0n) is 22.6. The Morgan fingerprint density at radius 2 is 1.23 bits per heavy atom. The topological polar surface area (TPSA) is 56.3 Å². The maximum absolute atomic E-state index is 6.20. The number of benzene rings is 1. The lowest BCUT2D eigenvalue weighted by Gasteiger charge is -2.21. The maximum atomic E-state index is 6.20. The van der Waals surface area contributed by atoms with Crippen LogP contribution in [0.1, 0.15) is 65.5 Å². The van der Waals surface area contributed by atoms with Crippen LogP contribution in [0, 0.1) is 0 Å². The van der Waals surface area contributed by atoms with Crippen LogP contribution in [-0.2, 0) is 0 Å². The zero-order valence-corrected chi connectivity index (χ0v) is 23.4. The average molecular weight is 501 g/mol. The van der Waals surface area contributed by atoms with Gasteiger partial charge in [0, 0.05) is 18.1 Å². The van der Waals surface area contributed by atoms with Gasteiger partial charge >= 0.3 is 0 Å². The summed E-state index contributed by atoms with van der Waals surface area (Å²) < 4.78 is 0. The molecule has 0 fully saturated rings. The number of halogens is 1. The Morgan fingerprint density at radius 3 is 1.63 bits per heavy atom. The van der Waals surface area contributed by atoms with Gasteiger partial charge in [0.25, 0.3) is 0 Å². The van der Waals surface area contributed by atoms with Crippen molar-refractivity contribution >= 4 is 28.8 Å². The van der Waals surface area contributed by atoms with Gasteiger partial charge in [-0.25, -0.2) is 9.97 Å². The van der Waals surface area contributed by atoms with Crippen molar-refractivity contribution in [2.24, 2.45) is 0 Å². The minimum atomic E-state index is 0.732. The summed E-state index contributed by atoms with van der Waals surface area (Å²) in [6.45, 7) is 21.3. The van der Waals surface area contributed by atoms with E-state index in [9.17, 15) is 0 Å². The molecule has 194 valence electrons. The van der Waals surface area contributed by atoms with Crippen LogP contribution in [0.3, 0.4) is 0 Å². The van der Waals surface area contributed by atoms with E-state index in [4.69, 9.17) is 11.6 Å². The second-order valence-corrected chi connectivity index (χ2v) is 9.38. The Balaban J connectivity index is 2.32. The lowest BCUT2D eigenvalue weighted by atomic mass is 9.94. The summed E-state index contributed by atoms with van der Waals surface area (Å²) >= 11 is 6.20. The number of nitrogens with one attached hydrogen (secondary N) is 2. The van der Waals surface area contributed by atoms with Crippen molar-refractivity contribution < 1.29 is 0 Å². The van der Waals surface area contributed by atoms with Gasteiger partial charge < -0.3 is 20.4 Å². The average Bonchev–Trinajstić information content (AvgIpc) is 2.86. The van der Waals surface area contributed by atoms with Crippen LogP contribution in [0.5, 0.6) is 0 Å². The van der Waals surface area contributed by atoms with Gasteiger partial charge in [0.2, 0.25) is 0 Å². The monoisotopic (exact) mass is 500 g/mol. The molecule has 0 saturated carbocycles. The van der Waals surface area contributed by atoms with Crippen LogP contribution in [0.2, 0.25) is 5.02 Å². The highest BCUT2D eigenvalue weighted by molar-refractivity contribution is 6.30. The third-order valence-electron chi connectivity index (χ3n) is 6.41. The molecule has 0 amide bonds. The summed E-state index contributed by atoms with van der Waals surface area (Å²) in [5.74, 6) is 1.74. The molecule has 0 aliphatic carbocycles. The number of hydrogen-bond donors (Lipinski definition) is 2. The number of anilines is 2. The summed E-state index contributed by atoms with van der Waals surface area (Å²) in [4.78, 5) is 14.3. The first-order chi connectivity index (χ1) is 16.9. The van der Waals surface area contributed by atoms with E-state index >= 15 is 0 Å². The molecule has 0 atom stereocenters. The SMILES string of the molecule is CCN(CC)CCCNc1ncnc(NCCCN(CC)CC)c1C(=C(C)C)c1ccc(Cl)cc1. The van der Waals surface area contributed by atoms with Gasteiger partial charge in [0.05, 0.1) is 5.56 Å². The number of allylic oxidation sites excluding steroid dienone is 1. The van der Waals surface area contributed by atoms with E-state index in [-0.39, 0.29) is 0 Å². The van der Waals surface area contributed by atoms with Crippen LogP contribution in [0.25, 0.3) is 5.57 Å². The molecule has 2 rings (SSSR count). The Morgan fingerprint density at radius 1 is 0.771 bits per heavy atom. The van der Waals surface area contributed by atoms with Crippen LogP contribution >= 0.6 is 11.6 Å². The molecule has 0 bridgehead atoms.